The van der Waals surface area contributed by atoms with E-state index in [-0.39, 0.29) is 11.2 Å². The van der Waals surface area contributed by atoms with Gasteiger partial charge in [-0.05, 0) is 49.4 Å². The fourth-order valence-electron chi connectivity index (χ4n) is 4.40. The molecule has 3 amide bonds. The number of amides is 3. The average Bonchev–Trinajstić information content (AvgIpc) is 3.17. The molecule has 4 rings (SSSR count). The normalized spacial score (nSPS) is 15.6. The summed E-state index contributed by atoms with van der Waals surface area (Å²) in [7, 11) is -1.13. The summed E-state index contributed by atoms with van der Waals surface area (Å²) in [4.78, 5) is 38.1. The fraction of sp³-hybridized carbons (Fsp3) is 0.320. The second-order valence-corrected chi connectivity index (χ2v) is 10.3. The molecule has 33 heavy (non-hydrogen) atoms. The van der Waals surface area contributed by atoms with Gasteiger partial charge in [-0.2, -0.15) is 0 Å². The van der Waals surface area contributed by atoms with Crippen LogP contribution >= 0.6 is 10.5 Å². The first-order chi connectivity index (χ1) is 15.9. The molecule has 1 heterocycles. The Morgan fingerprint density at radius 2 is 1.67 bits per heavy atom. The van der Waals surface area contributed by atoms with Gasteiger partial charge in [0.05, 0.1) is 0 Å². The van der Waals surface area contributed by atoms with Crippen LogP contribution in [0, 0.1) is 12.8 Å². The maximum atomic E-state index is 13.4. The van der Waals surface area contributed by atoms with Crippen molar-refractivity contribution >= 4 is 48.5 Å². The Labute approximate surface area is 195 Å². The van der Waals surface area contributed by atoms with Gasteiger partial charge in [-0.1, -0.05) is 49.6 Å². The van der Waals surface area contributed by atoms with E-state index in [0.717, 1.165) is 47.8 Å². The van der Waals surface area contributed by atoms with Gasteiger partial charge in [-0.3, -0.25) is 10.6 Å². The number of thiophene rings is 1. The van der Waals surface area contributed by atoms with Crippen molar-refractivity contribution in [3.8, 4) is 0 Å². The molecular formula is C25H28N3O4S+. The van der Waals surface area contributed by atoms with Gasteiger partial charge in [0.1, 0.15) is 16.5 Å². The minimum Gasteiger partial charge on any atom is -0.480 e. The summed E-state index contributed by atoms with van der Waals surface area (Å²) in [6, 6.07) is 15.3. The Balaban J connectivity index is 1.60. The summed E-state index contributed by atoms with van der Waals surface area (Å²) in [6.07, 6.45) is 4.64. The highest BCUT2D eigenvalue weighted by atomic mass is 32.2. The number of aliphatic carboxylic acids is 1. The lowest BCUT2D eigenvalue weighted by atomic mass is 9.84. The van der Waals surface area contributed by atoms with Crippen LogP contribution in [0.4, 0.5) is 20.3 Å². The van der Waals surface area contributed by atoms with Crippen molar-refractivity contribution < 1.29 is 19.5 Å². The number of aryl methyl sites for hydroxylation is 1. The number of para-hydroxylation sites is 1. The molecule has 0 bridgehead atoms. The predicted octanol–water partition coefficient (Wildman–Crippen LogP) is 6.13. The van der Waals surface area contributed by atoms with Crippen LogP contribution in [0.15, 0.2) is 54.6 Å². The molecule has 0 radical (unpaired) electrons. The molecule has 2 atom stereocenters. The maximum absolute atomic E-state index is 13.4. The van der Waals surface area contributed by atoms with Gasteiger partial charge in [-0.15, -0.1) is 0 Å². The lowest BCUT2D eigenvalue weighted by Crippen LogP contribution is -2.45. The molecule has 8 heteroatoms. The number of nitrogens with one attached hydrogen (secondary N) is 3. The highest BCUT2D eigenvalue weighted by molar-refractivity contribution is 7.58. The van der Waals surface area contributed by atoms with Crippen LogP contribution in [0.2, 0.25) is 0 Å². The van der Waals surface area contributed by atoms with Gasteiger partial charge < -0.3 is 10.4 Å². The van der Waals surface area contributed by atoms with Gasteiger partial charge in [0.2, 0.25) is 0 Å². The minimum atomic E-state index is -1.13. The van der Waals surface area contributed by atoms with E-state index in [1.807, 2.05) is 49.4 Å². The number of anilines is 2. The summed E-state index contributed by atoms with van der Waals surface area (Å²) in [5.41, 5.74) is 1.60. The lowest BCUT2D eigenvalue weighted by molar-refractivity contribution is -0.140. The number of hydrogen-bond acceptors (Lipinski definition) is 3. The Kier molecular flexibility index (Phi) is 6.93. The van der Waals surface area contributed by atoms with Crippen LogP contribution in [0.5, 0.6) is 0 Å². The van der Waals surface area contributed by atoms with E-state index < -0.39 is 28.5 Å². The summed E-state index contributed by atoms with van der Waals surface area (Å²) < 4.78 is 0.772. The standard InChI is InChI=1S/C25H27N3O4S/c1-16-9-5-7-13-19(16)26-24(31)27-21-15-18-12-6-8-14-20(18)33(21)25(32)28-22(23(29)30)17-10-3-2-4-11-17/h5-9,12-15,17,22H,2-4,10-11H2,1H3,(H3-,26,27,28,29,30,31,32)/p+1/t22-,33?/m0/s1. The summed E-state index contributed by atoms with van der Waals surface area (Å²) >= 11 is 0. The molecule has 1 aromatic heterocycles. The molecule has 172 valence electrons. The van der Waals surface area contributed by atoms with Crippen LogP contribution < -0.4 is 16.0 Å². The maximum Gasteiger partial charge on any atom is 0.459 e. The van der Waals surface area contributed by atoms with E-state index in [0.29, 0.717) is 10.7 Å². The van der Waals surface area contributed by atoms with Crippen molar-refractivity contribution in [2.75, 3.05) is 10.6 Å². The van der Waals surface area contributed by atoms with E-state index in [1.165, 1.54) is 0 Å². The molecule has 3 aromatic rings. The highest BCUT2D eigenvalue weighted by Gasteiger charge is 2.37. The molecule has 7 nitrogen and oxygen atoms in total. The highest BCUT2D eigenvalue weighted by Crippen LogP contribution is 2.41. The van der Waals surface area contributed by atoms with Gasteiger partial charge in [-0.25, -0.2) is 14.4 Å². The van der Waals surface area contributed by atoms with E-state index in [1.54, 1.807) is 12.1 Å². The first kappa shape index (κ1) is 22.8. The first-order valence-electron chi connectivity index (χ1n) is 11.2. The molecule has 1 aliphatic rings. The molecule has 4 N–H and O–H groups in total. The third kappa shape index (κ3) is 5.17. The smallest absolute Gasteiger partial charge is 0.459 e. The summed E-state index contributed by atoms with van der Waals surface area (Å²) in [5, 5.41) is 19.2. The SMILES string of the molecule is Cc1ccccc1NC(=O)Nc1cc2ccccc2[s+]1C(=O)N[C@H](C(=O)O)C1CCCCC1. The number of rotatable bonds is 6. The summed E-state index contributed by atoms with van der Waals surface area (Å²) in [6.45, 7) is 1.90. The number of carbonyl (C=O) groups excluding carboxylic acids is 2. The Hall–Kier alpha value is -3.39. The van der Waals surface area contributed by atoms with E-state index >= 15 is 0 Å². The van der Waals surface area contributed by atoms with E-state index in [2.05, 4.69) is 16.0 Å². The van der Waals surface area contributed by atoms with Gasteiger partial charge in [0.15, 0.2) is 4.70 Å². The van der Waals surface area contributed by atoms with Crippen LogP contribution in [0.1, 0.15) is 37.7 Å². The molecule has 1 unspecified atom stereocenters. The predicted molar refractivity (Wildman–Crippen MR) is 132 cm³/mol. The number of urea groups is 1. The number of fused-ring (bicyclic) bond motifs is 1. The molecule has 0 aliphatic heterocycles. The quantitative estimate of drug-likeness (QED) is 0.328. The van der Waals surface area contributed by atoms with Crippen LogP contribution in [-0.4, -0.2) is 28.4 Å². The number of carboxylic acids is 1. The first-order valence-corrected chi connectivity index (χ1v) is 12.4. The van der Waals surface area contributed by atoms with E-state index in [4.69, 9.17) is 0 Å². The Bertz CT molecular complexity index is 1180. The zero-order chi connectivity index (χ0) is 23.4. The molecule has 0 spiro atoms. The molecule has 2 aromatic carbocycles. The molecule has 1 aliphatic carbocycles. The topological polar surface area (TPSA) is 108 Å². The molecule has 0 saturated heterocycles. The number of carboxylic acid groups (broad SMARTS) is 1. The number of benzene rings is 2. The largest absolute Gasteiger partial charge is 0.480 e. The van der Waals surface area contributed by atoms with Crippen molar-refractivity contribution in [3.05, 3.63) is 60.2 Å². The Morgan fingerprint density at radius 1 is 0.970 bits per heavy atom. The van der Waals surface area contributed by atoms with Gasteiger partial charge in [0.25, 0.3) is 5.00 Å². The van der Waals surface area contributed by atoms with Gasteiger partial charge in [0, 0.05) is 17.1 Å². The van der Waals surface area contributed by atoms with Crippen LogP contribution in [-0.2, 0) is 4.79 Å². The molecule has 1 fully saturated rings. The second-order valence-electron chi connectivity index (χ2n) is 8.39. The van der Waals surface area contributed by atoms with Crippen LogP contribution in [0.3, 0.4) is 0 Å². The third-order valence-corrected chi connectivity index (χ3v) is 8.08. The van der Waals surface area contributed by atoms with Crippen LogP contribution in [0.25, 0.3) is 10.1 Å². The minimum absolute atomic E-state index is 0.0774. The van der Waals surface area contributed by atoms with Gasteiger partial charge >= 0.3 is 17.2 Å². The van der Waals surface area contributed by atoms with Crippen molar-refractivity contribution in [2.45, 2.75) is 45.1 Å². The zero-order valence-corrected chi connectivity index (χ0v) is 19.3. The molecular weight excluding hydrogens is 438 g/mol. The monoisotopic (exact) mass is 466 g/mol. The van der Waals surface area contributed by atoms with Crippen molar-refractivity contribution in [1.29, 1.82) is 0 Å². The van der Waals surface area contributed by atoms with Crippen molar-refractivity contribution in [2.24, 2.45) is 5.92 Å². The van der Waals surface area contributed by atoms with E-state index in [9.17, 15) is 19.5 Å². The Morgan fingerprint density at radius 3 is 2.39 bits per heavy atom. The number of hydrogen-bond donors (Lipinski definition) is 4. The average molecular weight is 467 g/mol. The molecule has 1 saturated carbocycles. The fourth-order valence-corrected chi connectivity index (χ4v) is 6.30. The summed E-state index contributed by atoms with van der Waals surface area (Å²) in [5.74, 6) is -1.09. The second kappa shape index (κ2) is 10.0. The lowest BCUT2D eigenvalue weighted by Gasteiger charge is -2.26. The third-order valence-electron chi connectivity index (χ3n) is 6.12. The zero-order valence-electron chi connectivity index (χ0n) is 18.5. The van der Waals surface area contributed by atoms with Crippen molar-refractivity contribution in [1.82, 2.24) is 5.32 Å². The van der Waals surface area contributed by atoms with Crippen molar-refractivity contribution in [3.63, 3.8) is 0 Å². The number of carbonyl (C=O) groups is 3.